The van der Waals surface area contributed by atoms with Crippen LogP contribution in [0.15, 0.2) is 42.5 Å². The van der Waals surface area contributed by atoms with Crippen molar-refractivity contribution in [2.75, 3.05) is 13.1 Å². The lowest BCUT2D eigenvalue weighted by Gasteiger charge is -2.19. The summed E-state index contributed by atoms with van der Waals surface area (Å²) in [6.07, 6.45) is 1.49. The van der Waals surface area contributed by atoms with Crippen LogP contribution in [0.4, 0.5) is 4.79 Å². The van der Waals surface area contributed by atoms with Crippen LogP contribution < -0.4 is 21.3 Å². The molecule has 0 fully saturated rings. The van der Waals surface area contributed by atoms with Crippen molar-refractivity contribution in [3.05, 3.63) is 48.0 Å². The number of carbonyl (C=O) groups is 5. The fraction of sp³-hybridized carbons (Fsp3) is 0.464. The first-order chi connectivity index (χ1) is 19.1. The summed E-state index contributed by atoms with van der Waals surface area (Å²) in [6.45, 7) is 2.98. The van der Waals surface area contributed by atoms with Crippen molar-refractivity contribution < 1.29 is 39.3 Å². The Balaban J connectivity index is 1.75. The van der Waals surface area contributed by atoms with E-state index in [1.807, 2.05) is 43.3 Å². The van der Waals surface area contributed by atoms with Crippen LogP contribution in [-0.4, -0.2) is 76.4 Å². The summed E-state index contributed by atoms with van der Waals surface area (Å²) < 4.78 is 0. The Morgan fingerprint density at radius 1 is 0.775 bits per heavy atom. The third-order valence-corrected chi connectivity index (χ3v) is 6.34. The van der Waals surface area contributed by atoms with E-state index in [1.54, 1.807) is 0 Å². The molecule has 0 saturated heterocycles. The maximum Gasteiger partial charge on any atom is 0.326 e. The maximum absolute atomic E-state index is 12.8. The number of hydrogen-bond acceptors (Lipinski definition) is 6. The van der Waals surface area contributed by atoms with Gasteiger partial charge in [-0.15, -0.1) is 0 Å². The summed E-state index contributed by atoms with van der Waals surface area (Å²) in [5.74, 6) is -4.02. The van der Waals surface area contributed by atoms with E-state index < -0.39 is 48.5 Å². The van der Waals surface area contributed by atoms with E-state index in [-0.39, 0.29) is 18.7 Å². The van der Waals surface area contributed by atoms with Gasteiger partial charge in [-0.3, -0.25) is 9.59 Å². The molecule has 218 valence electrons. The molecule has 2 rings (SSSR count). The fourth-order valence-corrected chi connectivity index (χ4v) is 4.23. The molecule has 2 aromatic carbocycles. The molecular weight excluding hydrogens is 520 g/mol. The van der Waals surface area contributed by atoms with Crippen LogP contribution in [0.5, 0.6) is 0 Å². The minimum atomic E-state index is -1.46. The van der Waals surface area contributed by atoms with Gasteiger partial charge in [-0.2, -0.15) is 0 Å². The van der Waals surface area contributed by atoms with Gasteiger partial charge in [0.05, 0.1) is 6.04 Å². The maximum atomic E-state index is 12.8. The Labute approximate surface area is 232 Å². The average molecular weight is 559 g/mol. The van der Waals surface area contributed by atoms with Crippen molar-refractivity contribution in [3.63, 3.8) is 0 Å². The predicted octanol–water partition coefficient (Wildman–Crippen LogP) is 2.11. The van der Waals surface area contributed by atoms with Gasteiger partial charge < -0.3 is 36.6 Å². The second-order valence-electron chi connectivity index (χ2n) is 9.47. The van der Waals surface area contributed by atoms with Crippen LogP contribution in [0.1, 0.15) is 51.0 Å². The summed E-state index contributed by atoms with van der Waals surface area (Å²) in [4.78, 5) is 58.3. The predicted molar refractivity (Wildman–Crippen MR) is 148 cm³/mol. The molecule has 0 aliphatic carbocycles. The lowest BCUT2D eigenvalue weighted by molar-refractivity contribution is -0.141. The quantitative estimate of drug-likeness (QED) is 0.134. The number of carbonyl (C=O) groups excluding carboxylic acids is 2. The number of amides is 3. The number of fused-ring (bicyclic) bond motifs is 1. The highest BCUT2D eigenvalue weighted by Gasteiger charge is 2.25. The Morgan fingerprint density at radius 3 is 2.05 bits per heavy atom. The molecule has 7 N–H and O–H groups in total. The van der Waals surface area contributed by atoms with Gasteiger partial charge in [0, 0.05) is 13.0 Å². The average Bonchev–Trinajstić information content (AvgIpc) is 2.91. The number of likely N-dealkylation sites (N-methyl/N-ethyl adjacent to an activating group) is 1. The first-order valence-corrected chi connectivity index (χ1v) is 13.3. The highest BCUT2D eigenvalue weighted by molar-refractivity contribution is 5.86. The van der Waals surface area contributed by atoms with Crippen molar-refractivity contribution >= 4 is 40.6 Å². The standard InChI is InChI=1S/C28H38N4O8/c1-2-29-23(17-18-11-12-19-8-5-6-9-20(19)16-18)25(35)30-15-7-3-4-10-21(26(36)37)31-28(40)32-22(27(38)39)13-14-24(33)34/h5-6,8-9,11-12,16,21-23,29H,2-4,7,10,13-15,17H2,1H3,(H,30,35)(H,33,34)(H,36,37)(H,38,39)(H2,31,32,40)/t21-,22?,23?/m0/s1. The SMILES string of the molecule is CCNC(Cc1ccc2ccccc2c1)C(=O)NCCCCC[C@H](NC(=O)NC(CCC(=O)O)C(=O)O)C(=O)O. The third-order valence-electron chi connectivity index (χ3n) is 6.34. The number of carboxylic acids is 3. The Bertz CT molecular complexity index is 1170. The van der Waals surface area contributed by atoms with Gasteiger partial charge >= 0.3 is 23.9 Å². The summed E-state index contributed by atoms with van der Waals surface area (Å²) >= 11 is 0. The molecular formula is C28H38N4O8. The first kappa shape index (κ1) is 32.0. The van der Waals surface area contributed by atoms with E-state index in [2.05, 4.69) is 27.3 Å². The topological polar surface area (TPSA) is 194 Å². The van der Waals surface area contributed by atoms with Gasteiger partial charge in [0.2, 0.25) is 5.91 Å². The Hall–Kier alpha value is -4.19. The normalized spacial score (nSPS) is 13.1. The number of nitrogens with one attached hydrogen (secondary N) is 4. The van der Waals surface area contributed by atoms with Crippen LogP contribution >= 0.6 is 0 Å². The number of benzene rings is 2. The molecule has 0 heterocycles. The van der Waals surface area contributed by atoms with E-state index in [9.17, 15) is 29.1 Å². The molecule has 40 heavy (non-hydrogen) atoms. The molecule has 0 saturated carbocycles. The largest absolute Gasteiger partial charge is 0.481 e. The van der Waals surface area contributed by atoms with Crippen LogP contribution in [0, 0.1) is 0 Å². The minimum absolute atomic E-state index is 0.103. The van der Waals surface area contributed by atoms with E-state index in [0.29, 0.717) is 38.8 Å². The summed E-state index contributed by atoms with van der Waals surface area (Å²) in [5.41, 5.74) is 1.05. The molecule has 0 radical (unpaired) electrons. The number of urea groups is 1. The lowest BCUT2D eigenvalue weighted by Crippen LogP contribution is -2.51. The molecule has 0 aromatic heterocycles. The third kappa shape index (κ3) is 11.3. The molecule has 3 amide bonds. The van der Waals surface area contributed by atoms with E-state index in [1.165, 1.54) is 0 Å². The van der Waals surface area contributed by atoms with Gasteiger partial charge in [-0.25, -0.2) is 14.4 Å². The van der Waals surface area contributed by atoms with Crippen molar-refractivity contribution in [2.45, 2.75) is 70.0 Å². The van der Waals surface area contributed by atoms with Crippen LogP contribution in [-0.2, 0) is 25.6 Å². The first-order valence-electron chi connectivity index (χ1n) is 13.3. The highest BCUT2D eigenvalue weighted by Crippen LogP contribution is 2.17. The number of aliphatic carboxylic acids is 3. The molecule has 0 aliphatic rings. The summed E-state index contributed by atoms with van der Waals surface area (Å²) in [6, 6.07) is 10.1. The molecule has 12 nitrogen and oxygen atoms in total. The van der Waals surface area contributed by atoms with Crippen molar-refractivity contribution in [1.29, 1.82) is 0 Å². The fourth-order valence-electron chi connectivity index (χ4n) is 4.23. The van der Waals surface area contributed by atoms with Crippen LogP contribution in [0.3, 0.4) is 0 Å². The number of carboxylic acid groups (broad SMARTS) is 3. The Kier molecular flexibility index (Phi) is 13.4. The summed E-state index contributed by atoms with van der Waals surface area (Å²) in [7, 11) is 0. The smallest absolute Gasteiger partial charge is 0.326 e. The zero-order valence-electron chi connectivity index (χ0n) is 22.5. The monoisotopic (exact) mass is 558 g/mol. The second-order valence-corrected chi connectivity index (χ2v) is 9.47. The zero-order chi connectivity index (χ0) is 29.5. The second kappa shape index (κ2) is 16.7. The van der Waals surface area contributed by atoms with E-state index in [4.69, 9.17) is 10.2 Å². The van der Waals surface area contributed by atoms with Crippen LogP contribution in [0.25, 0.3) is 10.8 Å². The molecule has 2 aromatic rings. The molecule has 0 aliphatic heterocycles. The van der Waals surface area contributed by atoms with Gasteiger partial charge in [0.1, 0.15) is 12.1 Å². The molecule has 2 unspecified atom stereocenters. The molecule has 3 atom stereocenters. The number of rotatable bonds is 18. The van der Waals surface area contributed by atoms with Gasteiger partial charge in [-0.05, 0) is 48.6 Å². The number of unbranched alkanes of at least 4 members (excludes halogenated alkanes) is 2. The zero-order valence-corrected chi connectivity index (χ0v) is 22.5. The van der Waals surface area contributed by atoms with Crippen molar-refractivity contribution in [1.82, 2.24) is 21.3 Å². The molecule has 0 spiro atoms. The molecule has 0 bridgehead atoms. The highest BCUT2D eigenvalue weighted by atomic mass is 16.4. The van der Waals surface area contributed by atoms with E-state index >= 15 is 0 Å². The molecule has 12 heteroatoms. The van der Waals surface area contributed by atoms with Gasteiger partial charge in [-0.1, -0.05) is 62.2 Å². The van der Waals surface area contributed by atoms with E-state index in [0.717, 1.165) is 16.3 Å². The Morgan fingerprint density at radius 2 is 1.43 bits per heavy atom. The van der Waals surface area contributed by atoms with Gasteiger partial charge in [0.25, 0.3) is 0 Å². The van der Waals surface area contributed by atoms with Crippen molar-refractivity contribution in [2.24, 2.45) is 0 Å². The van der Waals surface area contributed by atoms with Crippen molar-refractivity contribution in [3.8, 4) is 0 Å². The van der Waals surface area contributed by atoms with Gasteiger partial charge in [0.15, 0.2) is 0 Å². The lowest BCUT2D eigenvalue weighted by atomic mass is 10.0. The number of hydrogen-bond donors (Lipinski definition) is 7. The summed E-state index contributed by atoms with van der Waals surface area (Å²) in [5, 5.41) is 40.0. The minimum Gasteiger partial charge on any atom is -0.481 e. The van der Waals surface area contributed by atoms with Crippen LogP contribution in [0.2, 0.25) is 0 Å².